The molecule has 0 unspecified atom stereocenters. The average molecular weight is 533 g/mol. The third kappa shape index (κ3) is 6.23. The van der Waals surface area contributed by atoms with Gasteiger partial charge in [0.15, 0.2) is 6.73 Å². The third-order valence-electron chi connectivity index (χ3n) is 4.72. The summed E-state index contributed by atoms with van der Waals surface area (Å²) in [7, 11) is -8.40. The van der Waals surface area contributed by atoms with Crippen molar-refractivity contribution in [1.29, 1.82) is 0 Å². The molecule has 0 aromatic heterocycles. The molecule has 0 spiro atoms. The van der Waals surface area contributed by atoms with Crippen molar-refractivity contribution in [3.63, 3.8) is 0 Å². The first-order chi connectivity index (χ1) is 16.3. The molecular formula is C17H19N5O11S2. The Morgan fingerprint density at radius 2 is 1.63 bits per heavy atom. The van der Waals surface area contributed by atoms with E-state index in [1.165, 1.54) is 31.2 Å². The van der Waals surface area contributed by atoms with Crippen LogP contribution in [0.2, 0.25) is 0 Å². The predicted octanol–water partition coefficient (Wildman–Crippen LogP) is 0.469. The van der Waals surface area contributed by atoms with Gasteiger partial charge in [0.1, 0.15) is 23.9 Å². The molecule has 18 heteroatoms. The number of aryl methyl sites for hydroxylation is 1. The Morgan fingerprint density at radius 3 is 2.14 bits per heavy atom. The van der Waals surface area contributed by atoms with E-state index in [0.717, 1.165) is 10.4 Å². The molecule has 190 valence electrons. The molecule has 0 saturated heterocycles. The zero-order valence-electron chi connectivity index (χ0n) is 17.9. The summed E-state index contributed by atoms with van der Waals surface area (Å²) < 4.78 is 56.2. The quantitative estimate of drug-likeness (QED) is 0.314. The van der Waals surface area contributed by atoms with Gasteiger partial charge in [0.05, 0.1) is 17.3 Å². The molecule has 0 amide bonds. The summed E-state index contributed by atoms with van der Waals surface area (Å²) in [5, 5.41) is 26.9. The van der Waals surface area contributed by atoms with E-state index in [-0.39, 0.29) is 44.6 Å². The molecule has 3 N–H and O–H groups in total. The van der Waals surface area contributed by atoms with Gasteiger partial charge < -0.3 is 19.7 Å². The van der Waals surface area contributed by atoms with E-state index in [9.17, 15) is 37.1 Å². The highest BCUT2D eigenvalue weighted by Gasteiger charge is 2.33. The van der Waals surface area contributed by atoms with Crippen LogP contribution in [-0.2, 0) is 42.9 Å². The van der Waals surface area contributed by atoms with Gasteiger partial charge in [-0.05, 0) is 47.9 Å². The number of primary sulfonamides is 1. The van der Waals surface area contributed by atoms with Crippen LogP contribution in [0.15, 0.2) is 40.1 Å². The molecule has 3 rings (SSSR count). The maximum Gasteiger partial charge on any atom is 0.294 e. The van der Waals surface area contributed by atoms with Crippen LogP contribution in [0.4, 0.5) is 5.69 Å². The zero-order chi connectivity index (χ0) is 26.0. The molecule has 0 fully saturated rings. The molecule has 0 bridgehead atoms. The van der Waals surface area contributed by atoms with Crippen LogP contribution in [0, 0.1) is 27.2 Å². The normalized spacial score (nSPS) is 14.9. The summed E-state index contributed by atoms with van der Waals surface area (Å²) in [6.07, 6.45) is 0. The Bertz CT molecular complexity index is 1340. The molecule has 0 atom stereocenters. The predicted molar refractivity (Wildman–Crippen MR) is 116 cm³/mol. The lowest BCUT2D eigenvalue weighted by atomic mass is 10.1. The molecule has 2 aromatic carbocycles. The second-order valence-electron chi connectivity index (χ2n) is 7.20. The molecule has 0 radical (unpaired) electrons. The van der Waals surface area contributed by atoms with Crippen LogP contribution >= 0.6 is 0 Å². The zero-order valence-corrected chi connectivity index (χ0v) is 19.6. The van der Waals surface area contributed by atoms with Gasteiger partial charge in [-0.3, -0.25) is 0 Å². The second-order valence-corrected chi connectivity index (χ2v) is 10.6. The van der Waals surface area contributed by atoms with Crippen LogP contribution in [0.25, 0.3) is 0 Å². The second kappa shape index (κ2) is 9.86. The molecule has 2 aromatic rings. The Morgan fingerprint density at radius 1 is 1.06 bits per heavy atom. The van der Waals surface area contributed by atoms with E-state index in [1.807, 2.05) is 0 Å². The lowest BCUT2D eigenvalue weighted by Crippen LogP contribution is -2.42. The monoisotopic (exact) mass is 533 g/mol. The lowest BCUT2D eigenvalue weighted by molar-refractivity contribution is -0.763. The Hall–Kier alpha value is -3.74. The number of anilines is 1. The number of nitrogens with two attached hydrogens (primary N) is 1. The van der Waals surface area contributed by atoms with Crippen molar-refractivity contribution in [3.8, 4) is 5.75 Å². The van der Waals surface area contributed by atoms with Crippen LogP contribution in [0.1, 0.15) is 16.7 Å². The van der Waals surface area contributed by atoms with Gasteiger partial charge in [-0.15, -0.1) is 24.5 Å². The van der Waals surface area contributed by atoms with Crippen molar-refractivity contribution in [3.05, 3.63) is 67.3 Å². The molecular weight excluding hydrogens is 514 g/mol. The summed E-state index contributed by atoms with van der Waals surface area (Å²) in [5.74, 6) is 0.0199. The van der Waals surface area contributed by atoms with Gasteiger partial charge in [0.25, 0.3) is 10.2 Å². The Labute approximate surface area is 198 Å². The summed E-state index contributed by atoms with van der Waals surface area (Å²) in [5.41, 5.74) is 0.861. The SMILES string of the molecule is Cc1cc2c(cc1S(N)(=O)=O)S(=O)(=O)N(COc1cc(CO[N+](=O)[O-])cc(CO[N+](=O)[O-])c1)CN2. The first kappa shape index (κ1) is 25.9. The topological polar surface area (TPSA) is 224 Å². The van der Waals surface area contributed by atoms with Crippen molar-refractivity contribution < 1.29 is 41.4 Å². The average Bonchev–Trinajstić information content (AvgIpc) is 2.74. The Kier molecular flexibility index (Phi) is 7.29. The molecule has 1 aliphatic rings. The van der Waals surface area contributed by atoms with Gasteiger partial charge >= 0.3 is 0 Å². The smallest absolute Gasteiger partial charge is 0.294 e. The van der Waals surface area contributed by atoms with Crippen molar-refractivity contribution in [2.45, 2.75) is 29.9 Å². The number of rotatable bonds is 10. The fourth-order valence-electron chi connectivity index (χ4n) is 3.22. The van der Waals surface area contributed by atoms with Gasteiger partial charge in [-0.25, -0.2) is 22.0 Å². The van der Waals surface area contributed by atoms with Crippen LogP contribution < -0.4 is 15.2 Å². The molecule has 0 saturated carbocycles. The van der Waals surface area contributed by atoms with E-state index in [2.05, 4.69) is 15.0 Å². The molecule has 16 nitrogen and oxygen atoms in total. The fourth-order valence-corrected chi connectivity index (χ4v) is 5.46. The molecule has 35 heavy (non-hydrogen) atoms. The highest BCUT2D eigenvalue weighted by atomic mass is 32.2. The maximum absolute atomic E-state index is 13.1. The first-order valence-electron chi connectivity index (χ1n) is 9.49. The standard InChI is InChI=1S/C17H19N5O11S2/c1-11-2-15-17(6-16(11)34(18,27)28)35(29,30)20(9-19-15)10-31-14-4-12(7-32-21(23)24)3-13(5-14)8-33-22(25)26/h2-6,19H,7-10H2,1H3,(H2,18,27,28). The minimum absolute atomic E-state index is 0.0199. The molecule has 1 heterocycles. The minimum atomic E-state index is -4.22. The summed E-state index contributed by atoms with van der Waals surface area (Å²) in [6.45, 7) is -0.294. The molecule has 0 aliphatic carbocycles. The van der Waals surface area contributed by atoms with Gasteiger partial charge in [-0.2, -0.15) is 0 Å². The van der Waals surface area contributed by atoms with Crippen molar-refractivity contribution in [2.24, 2.45) is 5.14 Å². The summed E-state index contributed by atoms with van der Waals surface area (Å²) in [4.78, 5) is 28.9. The summed E-state index contributed by atoms with van der Waals surface area (Å²) >= 11 is 0. The van der Waals surface area contributed by atoms with Gasteiger partial charge in [0.2, 0.25) is 20.0 Å². The lowest BCUT2D eigenvalue weighted by Gasteiger charge is -2.29. The first-order valence-corrected chi connectivity index (χ1v) is 12.5. The largest absolute Gasteiger partial charge is 0.477 e. The summed E-state index contributed by atoms with van der Waals surface area (Å²) in [6, 6.07) is 6.30. The minimum Gasteiger partial charge on any atom is -0.477 e. The highest BCUT2D eigenvalue weighted by molar-refractivity contribution is 7.90. The number of nitrogens with zero attached hydrogens (tertiary/aromatic N) is 3. The number of hydrogen-bond donors (Lipinski definition) is 2. The van der Waals surface area contributed by atoms with Crippen LogP contribution in [0.3, 0.4) is 0 Å². The maximum atomic E-state index is 13.1. The van der Waals surface area contributed by atoms with Crippen LogP contribution in [-0.4, -0.2) is 44.7 Å². The van der Waals surface area contributed by atoms with E-state index < -0.39 is 50.2 Å². The number of sulfonamides is 2. The number of ether oxygens (including phenoxy) is 1. The number of nitrogens with one attached hydrogen (secondary N) is 1. The molecule has 1 aliphatic heterocycles. The van der Waals surface area contributed by atoms with Crippen molar-refractivity contribution >= 4 is 25.7 Å². The van der Waals surface area contributed by atoms with E-state index in [0.29, 0.717) is 0 Å². The fraction of sp³-hybridized carbons (Fsp3) is 0.294. The third-order valence-corrected chi connectivity index (χ3v) is 7.58. The van der Waals surface area contributed by atoms with E-state index >= 15 is 0 Å². The van der Waals surface area contributed by atoms with Crippen LogP contribution in [0.5, 0.6) is 5.75 Å². The number of fused-ring (bicyclic) bond motifs is 1. The van der Waals surface area contributed by atoms with E-state index in [1.54, 1.807) is 0 Å². The number of benzene rings is 2. The number of hydrogen-bond acceptors (Lipinski definition) is 12. The van der Waals surface area contributed by atoms with Crippen molar-refractivity contribution in [2.75, 3.05) is 18.7 Å². The van der Waals surface area contributed by atoms with Gasteiger partial charge in [0, 0.05) is 0 Å². The van der Waals surface area contributed by atoms with Crippen molar-refractivity contribution in [1.82, 2.24) is 4.31 Å². The Balaban J connectivity index is 1.85. The van der Waals surface area contributed by atoms with E-state index in [4.69, 9.17) is 9.88 Å². The van der Waals surface area contributed by atoms with Gasteiger partial charge in [-0.1, -0.05) is 6.07 Å². The highest BCUT2D eigenvalue weighted by Crippen LogP contribution is 2.33.